The molecule has 164 valence electrons. The topological polar surface area (TPSA) is 86.9 Å². The summed E-state index contributed by atoms with van der Waals surface area (Å²) in [5, 5.41) is 15.4. The summed E-state index contributed by atoms with van der Waals surface area (Å²) in [4.78, 5) is 12.8. The van der Waals surface area contributed by atoms with E-state index in [1.165, 1.54) is 16.8 Å². The minimum atomic E-state index is -0.390. The van der Waals surface area contributed by atoms with Crippen LogP contribution in [0.1, 0.15) is 40.3 Å². The van der Waals surface area contributed by atoms with Gasteiger partial charge in [-0.2, -0.15) is 5.10 Å². The lowest BCUT2D eigenvalue weighted by Crippen LogP contribution is -2.18. The summed E-state index contributed by atoms with van der Waals surface area (Å²) in [7, 11) is 1.62. The Bertz CT molecular complexity index is 1210. The Morgan fingerprint density at radius 2 is 1.88 bits per heavy atom. The zero-order valence-corrected chi connectivity index (χ0v) is 18.0. The number of ether oxygens (including phenoxy) is 1. The Labute approximate surface area is 184 Å². The third-order valence-electron chi connectivity index (χ3n) is 5.09. The Morgan fingerprint density at radius 3 is 2.56 bits per heavy atom. The van der Waals surface area contributed by atoms with Crippen molar-refractivity contribution < 1.29 is 13.9 Å². The molecule has 2 aromatic heterocycles. The summed E-state index contributed by atoms with van der Waals surface area (Å²) in [5.74, 6) is 0.639. The highest BCUT2D eigenvalue weighted by molar-refractivity contribution is 6.02. The summed E-state index contributed by atoms with van der Waals surface area (Å²) >= 11 is 0. The summed E-state index contributed by atoms with van der Waals surface area (Å²) < 4.78 is 21.6. The van der Waals surface area contributed by atoms with Crippen molar-refractivity contribution in [1.29, 1.82) is 0 Å². The van der Waals surface area contributed by atoms with Crippen LogP contribution in [0.4, 0.5) is 10.2 Å². The highest BCUT2D eigenvalue weighted by atomic mass is 19.1. The molecule has 0 aliphatic carbocycles. The Kier molecular flexibility index (Phi) is 5.98. The molecule has 4 rings (SSSR count). The fourth-order valence-electron chi connectivity index (χ4n) is 3.37. The molecule has 1 atom stereocenters. The molecule has 0 bridgehead atoms. The van der Waals surface area contributed by atoms with Crippen LogP contribution in [0.2, 0.25) is 0 Å². The average Bonchev–Trinajstić information content (AvgIpc) is 3.41. The number of carbonyl (C=O) groups is 1. The third-order valence-corrected chi connectivity index (χ3v) is 5.09. The molecular weight excluding hydrogens is 411 g/mol. The van der Waals surface area contributed by atoms with Crippen molar-refractivity contribution in [2.24, 2.45) is 0 Å². The molecule has 32 heavy (non-hydrogen) atoms. The van der Waals surface area contributed by atoms with E-state index in [1.54, 1.807) is 36.2 Å². The molecule has 8 nitrogen and oxygen atoms in total. The van der Waals surface area contributed by atoms with Crippen molar-refractivity contribution in [2.45, 2.75) is 26.4 Å². The molecule has 0 aliphatic rings. The lowest BCUT2D eigenvalue weighted by Gasteiger charge is -2.16. The van der Waals surface area contributed by atoms with Gasteiger partial charge in [0.25, 0.3) is 5.91 Å². The fourth-order valence-corrected chi connectivity index (χ4v) is 3.37. The van der Waals surface area contributed by atoms with E-state index in [2.05, 4.69) is 20.7 Å². The fraction of sp³-hybridized carbons (Fsp3) is 0.217. The maximum atomic E-state index is 13.1. The minimum Gasteiger partial charge on any atom is -0.497 e. The molecular formula is C23H23FN6O2. The normalized spacial score (nSPS) is 11.9. The first-order valence-electron chi connectivity index (χ1n) is 10.1. The Morgan fingerprint density at radius 1 is 1.16 bits per heavy atom. The number of hydrogen-bond acceptors (Lipinski definition) is 5. The van der Waals surface area contributed by atoms with E-state index in [0.29, 0.717) is 12.4 Å². The second kappa shape index (κ2) is 9.01. The molecule has 0 radical (unpaired) electrons. The van der Waals surface area contributed by atoms with Crippen LogP contribution in [0, 0.1) is 12.7 Å². The van der Waals surface area contributed by atoms with Crippen molar-refractivity contribution in [3.05, 3.63) is 89.1 Å². The van der Waals surface area contributed by atoms with E-state index in [1.807, 2.05) is 38.1 Å². The number of aryl methyl sites for hydroxylation is 1. The van der Waals surface area contributed by atoms with E-state index in [0.717, 1.165) is 22.6 Å². The molecule has 0 spiro atoms. The van der Waals surface area contributed by atoms with Gasteiger partial charge in [0.05, 0.1) is 31.6 Å². The van der Waals surface area contributed by atoms with Gasteiger partial charge < -0.3 is 10.1 Å². The predicted octanol–water partition coefficient (Wildman–Crippen LogP) is 3.84. The van der Waals surface area contributed by atoms with E-state index in [4.69, 9.17) is 4.74 Å². The number of rotatable bonds is 7. The van der Waals surface area contributed by atoms with E-state index in [9.17, 15) is 9.18 Å². The molecule has 1 amide bonds. The van der Waals surface area contributed by atoms with Crippen LogP contribution in [-0.4, -0.2) is 37.8 Å². The highest BCUT2D eigenvalue weighted by Crippen LogP contribution is 2.25. The first kappa shape index (κ1) is 21.2. The zero-order valence-electron chi connectivity index (χ0n) is 18.0. The van der Waals surface area contributed by atoms with Gasteiger partial charge in [-0.1, -0.05) is 29.5 Å². The molecule has 9 heteroatoms. The molecule has 1 N–H and O–H groups in total. The van der Waals surface area contributed by atoms with Crippen molar-refractivity contribution in [3.63, 3.8) is 0 Å². The van der Waals surface area contributed by atoms with Gasteiger partial charge in [0.2, 0.25) is 0 Å². The van der Waals surface area contributed by atoms with Crippen LogP contribution < -0.4 is 10.1 Å². The van der Waals surface area contributed by atoms with Gasteiger partial charge in [-0.15, -0.1) is 5.10 Å². The van der Waals surface area contributed by atoms with Gasteiger partial charge in [-0.05, 0) is 49.2 Å². The highest BCUT2D eigenvalue weighted by Gasteiger charge is 2.18. The second-order valence-corrected chi connectivity index (χ2v) is 7.45. The molecule has 0 aliphatic heterocycles. The third kappa shape index (κ3) is 4.66. The van der Waals surface area contributed by atoms with Gasteiger partial charge in [0.1, 0.15) is 17.4 Å². The van der Waals surface area contributed by atoms with Crippen molar-refractivity contribution in [1.82, 2.24) is 24.8 Å². The number of halogens is 1. The van der Waals surface area contributed by atoms with E-state index >= 15 is 0 Å². The molecule has 0 fully saturated rings. The predicted molar refractivity (Wildman–Crippen MR) is 117 cm³/mol. The van der Waals surface area contributed by atoms with Crippen LogP contribution >= 0.6 is 0 Å². The SMILES string of the molecule is COc1ccc(C(C)n2nc(C)cc2NC(=O)c2cn(Cc3ccc(F)cc3)nn2)cc1. The molecule has 0 saturated heterocycles. The molecule has 4 aromatic rings. The summed E-state index contributed by atoms with van der Waals surface area (Å²) in [6.07, 6.45) is 1.55. The maximum Gasteiger partial charge on any atom is 0.278 e. The standard InChI is InChI=1S/C23H23FN6O2/c1-15-12-22(30(27-15)16(2)18-6-10-20(32-3)11-7-18)25-23(31)21-14-29(28-26-21)13-17-4-8-19(24)9-5-17/h4-12,14,16H,13H2,1-3H3,(H,25,31). The van der Waals surface area contributed by atoms with Crippen LogP contribution in [0.5, 0.6) is 5.75 Å². The van der Waals surface area contributed by atoms with E-state index in [-0.39, 0.29) is 17.6 Å². The van der Waals surface area contributed by atoms with Gasteiger partial charge in [0, 0.05) is 6.07 Å². The minimum absolute atomic E-state index is 0.112. The largest absolute Gasteiger partial charge is 0.497 e. The average molecular weight is 434 g/mol. The van der Waals surface area contributed by atoms with Crippen LogP contribution in [0.25, 0.3) is 0 Å². The van der Waals surface area contributed by atoms with Crippen LogP contribution in [0.3, 0.4) is 0 Å². The van der Waals surface area contributed by atoms with Gasteiger partial charge in [0.15, 0.2) is 5.69 Å². The number of nitrogens with one attached hydrogen (secondary N) is 1. The summed E-state index contributed by atoms with van der Waals surface area (Å²) in [5.41, 5.74) is 2.83. The van der Waals surface area contributed by atoms with Crippen molar-refractivity contribution in [3.8, 4) is 5.75 Å². The van der Waals surface area contributed by atoms with Crippen molar-refractivity contribution >= 4 is 11.7 Å². The van der Waals surface area contributed by atoms with E-state index < -0.39 is 5.91 Å². The smallest absolute Gasteiger partial charge is 0.278 e. The Balaban J connectivity index is 1.49. The lowest BCUT2D eigenvalue weighted by molar-refractivity contribution is 0.102. The van der Waals surface area contributed by atoms with Gasteiger partial charge >= 0.3 is 0 Å². The quantitative estimate of drug-likeness (QED) is 0.478. The first-order chi connectivity index (χ1) is 15.4. The maximum absolute atomic E-state index is 13.1. The number of hydrogen-bond donors (Lipinski definition) is 1. The number of methoxy groups -OCH3 is 1. The van der Waals surface area contributed by atoms with Crippen LogP contribution in [-0.2, 0) is 6.54 Å². The second-order valence-electron chi connectivity index (χ2n) is 7.45. The van der Waals surface area contributed by atoms with Crippen LogP contribution in [0.15, 0.2) is 60.8 Å². The molecule has 1 unspecified atom stereocenters. The molecule has 2 heterocycles. The first-order valence-corrected chi connectivity index (χ1v) is 10.1. The number of carbonyl (C=O) groups excluding carboxylic acids is 1. The molecule has 2 aromatic carbocycles. The number of anilines is 1. The number of nitrogens with zero attached hydrogens (tertiary/aromatic N) is 5. The van der Waals surface area contributed by atoms with Gasteiger partial charge in [-0.3, -0.25) is 4.79 Å². The summed E-state index contributed by atoms with van der Waals surface area (Å²) in [6.45, 7) is 4.25. The lowest BCUT2D eigenvalue weighted by atomic mass is 10.1. The zero-order chi connectivity index (χ0) is 22.7. The Hall–Kier alpha value is -4.01. The van der Waals surface area contributed by atoms with Gasteiger partial charge in [-0.25, -0.2) is 13.8 Å². The number of benzene rings is 2. The summed E-state index contributed by atoms with van der Waals surface area (Å²) in [6, 6.07) is 15.5. The van der Waals surface area contributed by atoms with Crippen molar-refractivity contribution in [2.75, 3.05) is 12.4 Å². The molecule has 0 saturated carbocycles. The monoisotopic (exact) mass is 434 g/mol. The number of amides is 1. The number of aromatic nitrogens is 5.